The molecule has 2 aliphatic heterocycles. The average Bonchev–Trinajstić information content (AvgIpc) is 2.35. The Labute approximate surface area is 111 Å². The number of hydrogen-bond acceptors (Lipinski definition) is 2. The van der Waals surface area contributed by atoms with Gasteiger partial charge in [-0.15, -0.1) is 0 Å². The number of rotatable bonds is 1. The molecule has 0 aliphatic carbocycles. The van der Waals surface area contributed by atoms with E-state index in [0.717, 1.165) is 18.9 Å². The zero-order chi connectivity index (χ0) is 13.6. The van der Waals surface area contributed by atoms with Crippen molar-refractivity contribution in [3.05, 3.63) is 34.9 Å². The maximum atomic E-state index is 13.7. The number of fused-ring (bicyclic) bond motifs is 2. The summed E-state index contributed by atoms with van der Waals surface area (Å²) in [5.74, 6) is -1.69. The molecule has 3 rings (SSSR count). The summed E-state index contributed by atoms with van der Waals surface area (Å²) in [5.41, 5.74) is -0.244. The fourth-order valence-electron chi connectivity index (χ4n) is 3.71. The van der Waals surface area contributed by atoms with E-state index in [2.05, 4.69) is 5.32 Å². The van der Waals surface area contributed by atoms with E-state index in [4.69, 9.17) is 0 Å². The highest BCUT2D eigenvalue weighted by molar-refractivity contribution is 5.34. The van der Waals surface area contributed by atoms with Crippen molar-refractivity contribution in [2.24, 2.45) is 0 Å². The standard InChI is InChI=1S/C15H19F2NO/c1-9-12(5-6-13(16)14(9)17)15(19)7-10-3-2-4-11(8-15)18-10/h5-6,10-11,18-19H,2-4,7-8H2,1H3. The molecule has 0 radical (unpaired) electrons. The molecule has 0 saturated carbocycles. The summed E-state index contributed by atoms with van der Waals surface area (Å²) in [6, 6.07) is 3.22. The van der Waals surface area contributed by atoms with Crippen LogP contribution >= 0.6 is 0 Å². The molecule has 2 aliphatic rings. The van der Waals surface area contributed by atoms with Gasteiger partial charge in [-0.3, -0.25) is 0 Å². The Hall–Kier alpha value is -1.00. The van der Waals surface area contributed by atoms with Crippen molar-refractivity contribution in [1.29, 1.82) is 0 Å². The second-order valence-corrected chi connectivity index (χ2v) is 5.97. The fraction of sp³-hybridized carbons (Fsp3) is 0.600. The van der Waals surface area contributed by atoms with Crippen LogP contribution in [0.1, 0.15) is 43.2 Å². The first kappa shape index (κ1) is 13.0. The summed E-state index contributed by atoms with van der Waals surface area (Å²) in [7, 11) is 0. The van der Waals surface area contributed by atoms with E-state index >= 15 is 0 Å². The largest absolute Gasteiger partial charge is 0.385 e. The van der Waals surface area contributed by atoms with Gasteiger partial charge in [-0.25, -0.2) is 8.78 Å². The third-order valence-electron chi connectivity index (χ3n) is 4.59. The molecule has 0 amide bonds. The van der Waals surface area contributed by atoms with E-state index in [1.165, 1.54) is 12.5 Å². The van der Waals surface area contributed by atoms with Crippen LogP contribution in [0.5, 0.6) is 0 Å². The molecule has 2 saturated heterocycles. The van der Waals surface area contributed by atoms with Crippen LogP contribution in [0.15, 0.2) is 12.1 Å². The minimum Gasteiger partial charge on any atom is -0.385 e. The zero-order valence-corrected chi connectivity index (χ0v) is 11.0. The lowest BCUT2D eigenvalue weighted by atomic mass is 9.73. The first-order valence-corrected chi connectivity index (χ1v) is 6.93. The molecule has 0 spiro atoms. The molecule has 0 aromatic heterocycles. The van der Waals surface area contributed by atoms with Crippen LogP contribution in [-0.4, -0.2) is 17.2 Å². The predicted octanol–water partition coefficient (Wildman–Crippen LogP) is 2.77. The van der Waals surface area contributed by atoms with Crippen molar-refractivity contribution < 1.29 is 13.9 Å². The van der Waals surface area contributed by atoms with Gasteiger partial charge in [0.2, 0.25) is 0 Å². The number of benzene rings is 1. The molecule has 2 unspecified atom stereocenters. The molecule has 2 fully saturated rings. The van der Waals surface area contributed by atoms with Crippen LogP contribution in [0.4, 0.5) is 8.78 Å². The fourth-order valence-corrected chi connectivity index (χ4v) is 3.71. The van der Waals surface area contributed by atoms with Crippen molar-refractivity contribution >= 4 is 0 Å². The van der Waals surface area contributed by atoms with E-state index in [1.807, 2.05) is 0 Å². The summed E-state index contributed by atoms with van der Waals surface area (Å²) in [5, 5.41) is 14.4. The van der Waals surface area contributed by atoms with E-state index < -0.39 is 17.2 Å². The third-order valence-corrected chi connectivity index (χ3v) is 4.59. The van der Waals surface area contributed by atoms with Crippen LogP contribution in [0.3, 0.4) is 0 Å². The Kier molecular flexibility index (Phi) is 3.10. The number of halogens is 2. The Morgan fingerprint density at radius 3 is 2.47 bits per heavy atom. The van der Waals surface area contributed by atoms with Crippen molar-refractivity contribution in [2.75, 3.05) is 0 Å². The van der Waals surface area contributed by atoms with Crippen LogP contribution in [-0.2, 0) is 5.60 Å². The first-order valence-electron chi connectivity index (χ1n) is 6.93. The van der Waals surface area contributed by atoms with E-state index in [9.17, 15) is 13.9 Å². The van der Waals surface area contributed by atoms with Gasteiger partial charge in [0.25, 0.3) is 0 Å². The summed E-state index contributed by atoms with van der Waals surface area (Å²) < 4.78 is 26.9. The lowest BCUT2D eigenvalue weighted by Gasteiger charge is -2.46. The molecular weight excluding hydrogens is 248 g/mol. The number of nitrogens with one attached hydrogen (secondary N) is 1. The smallest absolute Gasteiger partial charge is 0.162 e. The molecule has 2 heterocycles. The van der Waals surface area contributed by atoms with Gasteiger partial charge in [-0.2, -0.15) is 0 Å². The van der Waals surface area contributed by atoms with Gasteiger partial charge in [-0.1, -0.05) is 12.5 Å². The van der Waals surface area contributed by atoms with Gasteiger partial charge in [0.1, 0.15) is 0 Å². The summed E-state index contributed by atoms with van der Waals surface area (Å²) in [6.07, 6.45) is 4.42. The molecule has 1 aromatic rings. The van der Waals surface area contributed by atoms with Crippen LogP contribution < -0.4 is 5.32 Å². The second-order valence-electron chi connectivity index (χ2n) is 5.97. The van der Waals surface area contributed by atoms with Gasteiger partial charge < -0.3 is 10.4 Å². The summed E-state index contributed by atoms with van der Waals surface area (Å²) in [4.78, 5) is 0. The lowest BCUT2D eigenvalue weighted by molar-refractivity contribution is -0.0366. The molecule has 2 N–H and O–H groups in total. The minimum atomic E-state index is -1.03. The normalized spacial score (nSPS) is 34.3. The average molecular weight is 267 g/mol. The monoisotopic (exact) mass is 267 g/mol. The number of piperidine rings is 2. The van der Waals surface area contributed by atoms with E-state index in [1.54, 1.807) is 6.92 Å². The summed E-state index contributed by atoms with van der Waals surface area (Å²) in [6.45, 7) is 1.55. The van der Waals surface area contributed by atoms with Crippen molar-refractivity contribution in [1.82, 2.24) is 5.32 Å². The highest BCUT2D eigenvalue weighted by Crippen LogP contribution is 2.41. The maximum Gasteiger partial charge on any atom is 0.162 e. The van der Waals surface area contributed by atoms with Crippen LogP contribution in [0.25, 0.3) is 0 Å². The highest BCUT2D eigenvalue weighted by Gasteiger charge is 2.42. The number of hydrogen-bond donors (Lipinski definition) is 2. The summed E-state index contributed by atoms with van der Waals surface area (Å²) >= 11 is 0. The Balaban J connectivity index is 1.98. The molecule has 2 atom stereocenters. The van der Waals surface area contributed by atoms with Crippen LogP contribution in [0.2, 0.25) is 0 Å². The Morgan fingerprint density at radius 1 is 1.21 bits per heavy atom. The number of aliphatic hydroxyl groups is 1. The molecular formula is C15H19F2NO. The SMILES string of the molecule is Cc1c(C2(O)CC3CCCC(C2)N3)ccc(F)c1F. The quantitative estimate of drug-likeness (QED) is 0.820. The van der Waals surface area contributed by atoms with Crippen molar-refractivity contribution in [3.63, 3.8) is 0 Å². The van der Waals surface area contributed by atoms with Gasteiger partial charge in [0, 0.05) is 12.1 Å². The molecule has 2 nitrogen and oxygen atoms in total. The molecule has 4 heteroatoms. The molecule has 104 valence electrons. The van der Waals surface area contributed by atoms with Gasteiger partial charge in [0.15, 0.2) is 11.6 Å². The second kappa shape index (κ2) is 4.53. The van der Waals surface area contributed by atoms with E-state index in [0.29, 0.717) is 18.4 Å². The van der Waals surface area contributed by atoms with Crippen molar-refractivity contribution in [2.45, 2.75) is 56.7 Å². The maximum absolute atomic E-state index is 13.7. The van der Waals surface area contributed by atoms with Crippen molar-refractivity contribution in [3.8, 4) is 0 Å². The minimum absolute atomic E-state index is 0.238. The predicted molar refractivity (Wildman–Crippen MR) is 68.8 cm³/mol. The highest BCUT2D eigenvalue weighted by atomic mass is 19.2. The molecule has 1 aromatic carbocycles. The molecule has 2 bridgehead atoms. The first-order chi connectivity index (χ1) is 8.99. The third kappa shape index (κ3) is 2.17. The zero-order valence-electron chi connectivity index (χ0n) is 11.0. The Bertz CT molecular complexity index is 491. The molecule has 19 heavy (non-hydrogen) atoms. The van der Waals surface area contributed by atoms with Crippen LogP contribution in [0, 0.1) is 18.6 Å². The van der Waals surface area contributed by atoms with Gasteiger partial charge >= 0.3 is 0 Å². The van der Waals surface area contributed by atoms with E-state index in [-0.39, 0.29) is 17.6 Å². The van der Waals surface area contributed by atoms with Gasteiger partial charge in [0.05, 0.1) is 5.60 Å². The topological polar surface area (TPSA) is 32.3 Å². The lowest BCUT2D eigenvalue weighted by Crippen LogP contribution is -2.54. The Morgan fingerprint density at radius 2 is 1.84 bits per heavy atom. The van der Waals surface area contributed by atoms with Gasteiger partial charge in [-0.05, 0) is 49.8 Å².